The Balaban J connectivity index is 2.75. The summed E-state index contributed by atoms with van der Waals surface area (Å²) < 4.78 is 49.0. The van der Waals surface area contributed by atoms with Crippen LogP contribution in [0.2, 0.25) is 0 Å². The molecule has 0 saturated carbocycles. The van der Waals surface area contributed by atoms with Crippen LogP contribution in [0, 0.1) is 10.1 Å². The van der Waals surface area contributed by atoms with Gasteiger partial charge in [0.05, 0.1) is 18.2 Å². The van der Waals surface area contributed by atoms with Gasteiger partial charge in [-0.05, 0) is 11.0 Å². The van der Waals surface area contributed by atoms with Crippen molar-refractivity contribution >= 4 is 11.6 Å². The van der Waals surface area contributed by atoms with Crippen LogP contribution in [0.15, 0.2) is 12.3 Å². The van der Waals surface area contributed by atoms with Crippen LogP contribution in [0.4, 0.5) is 23.4 Å². The number of nitrogens with zero attached hydrogens (tertiary/aromatic N) is 2. The third kappa shape index (κ3) is 4.34. The second kappa shape index (κ2) is 5.81. The first-order valence-electron chi connectivity index (χ1n) is 5.21. The Morgan fingerprint density at radius 2 is 2.05 bits per heavy atom. The van der Waals surface area contributed by atoms with E-state index in [2.05, 4.69) is 0 Å². The Bertz CT molecular complexity index is 482. The first-order valence-corrected chi connectivity index (χ1v) is 5.21. The van der Waals surface area contributed by atoms with Gasteiger partial charge >= 0.3 is 12.0 Å². The third-order valence-electron chi connectivity index (χ3n) is 2.37. The molecule has 19 heavy (non-hydrogen) atoms. The number of halogens is 4. The molecular weight excluding hydrogens is 272 g/mol. The maximum Gasteiger partial charge on any atom is 0.389 e. The van der Waals surface area contributed by atoms with Gasteiger partial charge in [-0.25, -0.2) is 8.96 Å². The summed E-state index contributed by atoms with van der Waals surface area (Å²) in [5.74, 6) is -1.41. The zero-order valence-corrected chi connectivity index (χ0v) is 9.61. The van der Waals surface area contributed by atoms with E-state index in [9.17, 15) is 32.5 Å². The van der Waals surface area contributed by atoms with E-state index in [0.717, 1.165) is 16.8 Å². The first kappa shape index (κ1) is 15.1. The molecule has 1 aromatic rings. The lowest BCUT2D eigenvalue weighted by molar-refractivity contribution is -0.392. The van der Waals surface area contributed by atoms with Crippen LogP contribution < -0.4 is 0 Å². The monoisotopic (exact) mass is 282 g/mol. The van der Waals surface area contributed by atoms with E-state index >= 15 is 0 Å². The molecule has 0 aliphatic rings. The minimum atomic E-state index is -4.46. The van der Waals surface area contributed by atoms with Crippen LogP contribution >= 0.6 is 0 Å². The fraction of sp³-hybridized carbons (Fsp3) is 0.500. The lowest BCUT2D eigenvalue weighted by Gasteiger charge is -2.05. The SMILES string of the molecule is O=C(CCC(F)(F)F)Cn1ccc(CF)c1[N+](=O)[O-]. The van der Waals surface area contributed by atoms with Gasteiger partial charge in [0.1, 0.15) is 13.2 Å². The van der Waals surface area contributed by atoms with Gasteiger partial charge in [0.15, 0.2) is 5.78 Å². The topological polar surface area (TPSA) is 65.1 Å². The quantitative estimate of drug-likeness (QED) is 0.458. The minimum Gasteiger partial charge on any atom is -0.358 e. The third-order valence-corrected chi connectivity index (χ3v) is 2.37. The Kier molecular flexibility index (Phi) is 4.62. The molecule has 106 valence electrons. The Hall–Kier alpha value is -1.93. The van der Waals surface area contributed by atoms with Crippen LogP contribution in [0.3, 0.4) is 0 Å². The van der Waals surface area contributed by atoms with Crippen LogP contribution in [-0.4, -0.2) is 21.4 Å². The van der Waals surface area contributed by atoms with Crippen LogP contribution in [0.5, 0.6) is 0 Å². The first-order chi connectivity index (χ1) is 8.74. The average Bonchev–Trinajstić information content (AvgIpc) is 2.68. The molecular formula is C10H10F4N2O3. The van der Waals surface area contributed by atoms with Crippen LogP contribution in [0.1, 0.15) is 18.4 Å². The Morgan fingerprint density at radius 3 is 2.53 bits per heavy atom. The summed E-state index contributed by atoms with van der Waals surface area (Å²) in [5.41, 5.74) is -0.214. The Labute approximate surface area is 105 Å². The molecule has 1 rings (SSSR count). The molecule has 0 bridgehead atoms. The molecule has 0 unspecified atom stereocenters. The van der Waals surface area contributed by atoms with Gasteiger partial charge in [0.2, 0.25) is 0 Å². The van der Waals surface area contributed by atoms with Gasteiger partial charge in [-0.3, -0.25) is 4.79 Å². The largest absolute Gasteiger partial charge is 0.389 e. The molecule has 5 nitrogen and oxygen atoms in total. The average molecular weight is 282 g/mol. The molecule has 0 aromatic carbocycles. The summed E-state index contributed by atoms with van der Waals surface area (Å²) in [6, 6.07) is 1.12. The number of carbonyl (C=O) groups is 1. The predicted octanol–water partition coefficient (Wildman–Crippen LogP) is 2.78. The summed E-state index contributed by atoms with van der Waals surface area (Å²) in [6.45, 7) is -1.66. The smallest absolute Gasteiger partial charge is 0.358 e. The van der Waals surface area contributed by atoms with Crippen molar-refractivity contribution in [3.63, 3.8) is 0 Å². The molecule has 0 amide bonds. The van der Waals surface area contributed by atoms with Crippen molar-refractivity contribution in [2.45, 2.75) is 32.2 Å². The Morgan fingerprint density at radius 1 is 1.42 bits per heavy atom. The lowest BCUT2D eigenvalue weighted by Crippen LogP contribution is -2.15. The fourth-order valence-electron chi connectivity index (χ4n) is 1.51. The lowest BCUT2D eigenvalue weighted by atomic mass is 10.2. The second-order valence-corrected chi connectivity index (χ2v) is 3.84. The van der Waals surface area contributed by atoms with E-state index in [0.29, 0.717) is 0 Å². The number of aromatic nitrogens is 1. The summed E-state index contributed by atoms with van der Waals surface area (Å²) in [7, 11) is 0. The second-order valence-electron chi connectivity index (χ2n) is 3.84. The van der Waals surface area contributed by atoms with Crippen molar-refractivity contribution in [1.82, 2.24) is 4.57 Å². The number of Topliss-reactive ketones (excluding diaryl/α,β-unsaturated/α-hetero) is 1. The molecule has 0 radical (unpaired) electrons. The van der Waals surface area contributed by atoms with Gasteiger partial charge in [-0.2, -0.15) is 13.2 Å². The van der Waals surface area contributed by atoms with Gasteiger partial charge in [-0.1, -0.05) is 0 Å². The molecule has 9 heteroatoms. The van der Waals surface area contributed by atoms with Crippen molar-refractivity contribution < 1.29 is 27.3 Å². The number of carbonyl (C=O) groups excluding carboxylic acids is 1. The summed E-state index contributed by atoms with van der Waals surface area (Å²) in [5, 5.41) is 10.7. The summed E-state index contributed by atoms with van der Waals surface area (Å²) in [6.07, 6.45) is -5.39. The van der Waals surface area contributed by atoms with E-state index < -0.39 is 48.8 Å². The van der Waals surface area contributed by atoms with Crippen molar-refractivity contribution in [2.24, 2.45) is 0 Å². The van der Waals surface area contributed by atoms with Crippen molar-refractivity contribution in [1.29, 1.82) is 0 Å². The fourth-order valence-corrected chi connectivity index (χ4v) is 1.51. The highest BCUT2D eigenvalue weighted by atomic mass is 19.4. The van der Waals surface area contributed by atoms with E-state index in [1.165, 1.54) is 0 Å². The maximum atomic E-state index is 12.4. The molecule has 1 aromatic heterocycles. The highest BCUT2D eigenvalue weighted by Gasteiger charge is 2.29. The van der Waals surface area contributed by atoms with Crippen LogP contribution in [0.25, 0.3) is 0 Å². The van der Waals surface area contributed by atoms with E-state index in [-0.39, 0.29) is 5.56 Å². The van der Waals surface area contributed by atoms with E-state index in [4.69, 9.17) is 0 Å². The summed E-state index contributed by atoms with van der Waals surface area (Å²) in [4.78, 5) is 21.1. The molecule has 0 aliphatic heterocycles. The van der Waals surface area contributed by atoms with E-state index in [1.807, 2.05) is 0 Å². The van der Waals surface area contributed by atoms with Crippen molar-refractivity contribution in [3.8, 4) is 0 Å². The van der Waals surface area contributed by atoms with Crippen molar-refractivity contribution in [3.05, 3.63) is 27.9 Å². The van der Waals surface area contributed by atoms with Gasteiger partial charge in [0, 0.05) is 6.42 Å². The standard InChI is InChI=1S/C10H10F4N2O3/c11-5-7-2-4-15(9(7)16(18)19)6-8(17)1-3-10(12,13)14/h2,4H,1,3,5-6H2. The normalized spacial score (nSPS) is 11.6. The molecule has 0 fully saturated rings. The molecule has 0 N–H and O–H groups in total. The van der Waals surface area contributed by atoms with Gasteiger partial charge in [-0.15, -0.1) is 0 Å². The predicted molar refractivity (Wildman–Crippen MR) is 56.2 cm³/mol. The molecule has 0 saturated heterocycles. The van der Waals surface area contributed by atoms with Gasteiger partial charge in [0.25, 0.3) is 0 Å². The molecule has 0 aliphatic carbocycles. The molecule has 0 atom stereocenters. The number of alkyl halides is 4. The van der Waals surface area contributed by atoms with Gasteiger partial charge < -0.3 is 10.1 Å². The minimum absolute atomic E-state index is 0.214. The maximum absolute atomic E-state index is 12.4. The number of ketones is 1. The number of rotatable bonds is 6. The zero-order valence-electron chi connectivity index (χ0n) is 9.61. The van der Waals surface area contributed by atoms with Crippen molar-refractivity contribution in [2.75, 3.05) is 0 Å². The summed E-state index contributed by atoms with van der Waals surface area (Å²) >= 11 is 0. The van der Waals surface area contributed by atoms with E-state index in [1.54, 1.807) is 0 Å². The highest BCUT2D eigenvalue weighted by Crippen LogP contribution is 2.23. The molecule has 0 spiro atoms. The number of hydrogen-bond donors (Lipinski definition) is 0. The van der Waals surface area contributed by atoms with Crippen LogP contribution in [-0.2, 0) is 18.0 Å². The number of hydrogen-bond acceptors (Lipinski definition) is 3. The molecule has 1 heterocycles. The zero-order chi connectivity index (χ0) is 14.6. The number of nitro groups is 1. The highest BCUT2D eigenvalue weighted by molar-refractivity contribution is 5.78.